The van der Waals surface area contributed by atoms with Gasteiger partial charge in [0.1, 0.15) is 0 Å². The molecule has 0 aromatic carbocycles. The fourth-order valence-corrected chi connectivity index (χ4v) is 4.79. The van der Waals surface area contributed by atoms with Crippen LogP contribution in [0.25, 0.3) is 0 Å². The molecule has 0 aromatic rings. The van der Waals surface area contributed by atoms with E-state index in [0.717, 1.165) is 51.4 Å². The largest absolute Gasteiger partial charge is 0.465 e. The molecule has 0 radical (unpaired) electrons. The second-order valence-electron chi connectivity index (χ2n) is 11.5. The van der Waals surface area contributed by atoms with Crippen LogP contribution in [0.3, 0.4) is 0 Å². The van der Waals surface area contributed by atoms with Crippen molar-refractivity contribution in [1.82, 2.24) is 4.90 Å². The molecule has 36 heavy (non-hydrogen) atoms. The Kier molecular flexibility index (Phi) is 20.0. The van der Waals surface area contributed by atoms with Gasteiger partial charge in [-0.05, 0) is 49.4 Å². The molecule has 214 valence electrons. The van der Waals surface area contributed by atoms with Crippen LogP contribution in [0, 0.1) is 29.6 Å². The Morgan fingerprint density at radius 2 is 1.28 bits per heavy atom. The molecular weight excluding hydrogens is 450 g/mol. The Bertz CT molecular complexity index is 563. The standard InChI is InChI=1S/C31H61NO4/c1-10-15-18-26(13-4)22-32(31(34)35-20-17-12-3)29(25(8)9)21-28(24(6)7)30(33)36-23-27(14-5)19-16-11-2/h24-29H,10-23H2,1-9H3. The molecule has 0 aliphatic rings. The maximum atomic E-state index is 13.4. The fourth-order valence-electron chi connectivity index (χ4n) is 4.79. The van der Waals surface area contributed by atoms with Crippen molar-refractivity contribution < 1.29 is 19.1 Å². The number of hydrogen-bond acceptors (Lipinski definition) is 4. The Labute approximate surface area is 224 Å². The van der Waals surface area contributed by atoms with E-state index in [1.807, 2.05) is 4.90 Å². The quantitative estimate of drug-likeness (QED) is 0.114. The molecule has 4 atom stereocenters. The zero-order chi connectivity index (χ0) is 27.5. The summed E-state index contributed by atoms with van der Waals surface area (Å²) in [4.78, 5) is 28.6. The van der Waals surface area contributed by atoms with Crippen molar-refractivity contribution in [3.8, 4) is 0 Å². The lowest BCUT2D eigenvalue weighted by molar-refractivity contribution is -0.152. The van der Waals surface area contributed by atoms with Gasteiger partial charge in [-0.15, -0.1) is 0 Å². The van der Waals surface area contributed by atoms with E-state index in [-0.39, 0.29) is 35.9 Å². The molecule has 1 amide bonds. The van der Waals surface area contributed by atoms with Gasteiger partial charge in [-0.2, -0.15) is 0 Å². The SMILES string of the molecule is CCCCOC(=O)N(CC(CC)CCCC)C(CC(C(=O)OCC(CC)CCCC)C(C)C)C(C)C. The van der Waals surface area contributed by atoms with E-state index in [1.54, 1.807) is 0 Å². The van der Waals surface area contributed by atoms with Gasteiger partial charge in [-0.25, -0.2) is 4.79 Å². The number of nitrogens with zero attached hydrogens (tertiary/aromatic N) is 1. The van der Waals surface area contributed by atoms with Crippen molar-refractivity contribution in [3.05, 3.63) is 0 Å². The van der Waals surface area contributed by atoms with E-state index in [4.69, 9.17) is 9.47 Å². The van der Waals surface area contributed by atoms with Gasteiger partial charge in [0.25, 0.3) is 0 Å². The first-order valence-electron chi connectivity index (χ1n) is 15.3. The summed E-state index contributed by atoms with van der Waals surface area (Å²) in [5, 5.41) is 0. The van der Waals surface area contributed by atoms with Crippen LogP contribution in [0.1, 0.15) is 133 Å². The first-order valence-corrected chi connectivity index (χ1v) is 15.3. The number of ether oxygens (including phenoxy) is 2. The molecule has 0 fully saturated rings. The summed E-state index contributed by atoms with van der Waals surface area (Å²) in [5.74, 6) is 0.893. The molecule has 0 bridgehead atoms. The van der Waals surface area contributed by atoms with Crippen LogP contribution >= 0.6 is 0 Å². The number of carbonyl (C=O) groups excluding carboxylic acids is 2. The van der Waals surface area contributed by atoms with E-state index in [0.29, 0.717) is 38.0 Å². The molecule has 5 heteroatoms. The molecule has 0 saturated heterocycles. The third-order valence-electron chi connectivity index (χ3n) is 7.73. The first kappa shape index (κ1) is 34.7. The molecule has 5 nitrogen and oxygen atoms in total. The summed E-state index contributed by atoms with van der Waals surface area (Å²) in [6, 6.07) is -0.0585. The molecule has 0 saturated carbocycles. The van der Waals surface area contributed by atoms with E-state index >= 15 is 0 Å². The fraction of sp³-hybridized carbons (Fsp3) is 0.935. The number of esters is 1. The number of rotatable bonds is 21. The average Bonchev–Trinajstić information content (AvgIpc) is 2.85. The zero-order valence-corrected chi connectivity index (χ0v) is 25.4. The van der Waals surface area contributed by atoms with Crippen LogP contribution in [-0.4, -0.2) is 42.8 Å². The summed E-state index contributed by atoms with van der Waals surface area (Å²) >= 11 is 0. The van der Waals surface area contributed by atoms with Crippen molar-refractivity contribution in [2.75, 3.05) is 19.8 Å². The van der Waals surface area contributed by atoms with Gasteiger partial charge in [0.2, 0.25) is 0 Å². The van der Waals surface area contributed by atoms with Gasteiger partial charge in [0, 0.05) is 12.6 Å². The van der Waals surface area contributed by atoms with Crippen LogP contribution < -0.4 is 0 Å². The van der Waals surface area contributed by atoms with Crippen molar-refractivity contribution in [2.45, 2.75) is 139 Å². The van der Waals surface area contributed by atoms with Crippen LogP contribution in [-0.2, 0) is 14.3 Å². The number of carbonyl (C=O) groups is 2. The van der Waals surface area contributed by atoms with E-state index in [1.165, 1.54) is 12.8 Å². The van der Waals surface area contributed by atoms with Crippen LogP contribution in [0.5, 0.6) is 0 Å². The third kappa shape index (κ3) is 13.9. The summed E-state index contributed by atoms with van der Waals surface area (Å²) in [5.41, 5.74) is 0. The van der Waals surface area contributed by atoms with Gasteiger partial charge in [0.05, 0.1) is 19.1 Å². The van der Waals surface area contributed by atoms with Crippen molar-refractivity contribution in [1.29, 1.82) is 0 Å². The minimum Gasteiger partial charge on any atom is -0.465 e. The lowest BCUT2D eigenvalue weighted by Gasteiger charge is -2.38. The maximum Gasteiger partial charge on any atom is 0.410 e. The van der Waals surface area contributed by atoms with Gasteiger partial charge >= 0.3 is 12.1 Å². The predicted molar refractivity (Wildman–Crippen MR) is 152 cm³/mol. The van der Waals surface area contributed by atoms with Crippen LogP contribution in [0.15, 0.2) is 0 Å². The van der Waals surface area contributed by atoms with E-state index in [9.17, 15) is 9.59 Å². The Balaban J connectivity index is 5.70. The Hall–Kier alpha value is -1.26. The highest BCUT2D eigenvalue weighted by Crippen LogP contribution is 2.29. The summed E-state index contributed by atoms with van der Waals surface area (Å²) in [7, 11) is 0. The Morgan fingerprint density at radius 3 is 1.75 bits per heavy atom. The van der Waals surface area contributed by atoms with Crippen LogP contribution in [0.2, 0.25) is 0 Å². The molecule has 0 aliphatic carbocycles. The summed E-state index contributed by atoms with van der Waals surface area (Å²) in [6.07, 6.45) is 11.2. The van der Waals surface area contributed by atoms with Gasteiger partial charge < -0.3 is 14.4 Å². The molecule has 0 rings (SSSR count). The number of unbranched alkanes of at least 4 members (excludes halogenated alkanes) is 3. The highest BCUT2D eigenvalue weighted by Gasteiger charge is 2.35. The highest BCUT2D eigenvalue weighted by molar-refractivity contribution is 5.73. The van der Waals surface area contributed by atoms with Crippen molar-refractivity contribution in [3.63, 3.8) is 0 Å². The summed E-state index contributed by atoms with van der Waals surface area (Å²) in [6.45, 7) is 21.1. The van der Waals surface area contributed by atoms with Gasteiger partial charge in [0.15, 0.2) is 0 Å². The molecule has 0 N–H and O–H groups in total. The zero-order valence-electron chi connectivity index (χ0n) is 25.4. The smallest absolute Gasteiger partial charge is 0.410 e. The number of amides is 1. The minimum atomic E-state index is -0.234. The topological polar surface area (TPSA) is 55.8 Å². The normalized spacial score (nSPS) is 15.0. The number of hydrogen-bond donors (Lipinski definition) is 0. The van der Waals surface area contributed by atoms with E-state index < -0.39 is 0 Å². The van der Waals surface area contributed by atoms with Crippen molar-refractivity contribution >= 4 is 12.1 Å². The first-order chi connectivity index (χ1) is 17.2. The predicted octanol–water partition coefficient (Wildman–Crippen LogP) is 8.89. The molecule has 4 unspecified atom stereocenters. The van der Waals surface area contributed by atoms with Gasteiger partial charge in [-0.1, -0.05) is 107 Å². The second-order valence-corrected chi connectivity index (χ2v) is 11.5. The average molecular weight is 512 g/mol. The Morgan fingerprint density at radius 1 is 0.722 bits per heavy atom. The minimum absolute atomic E-state index is 0.0585. The highest BCUT2D eigenvalue weighted by atomic mass is 16.6. The lowest BCUT2D eigenvalue weighted by atomic mass is 9.84. The monoisotopic (exact) mass is 511 g/mol. The third-order valence-corrected chi connectivity index (χ3v) is 7.73. The van der Waals surface area contributed by atoms with Crippen molar-refractivity contribution in [2.24, 2.45) is 29.6 Å². The molecule has 0 heterocycles. The second kappa shape index (κ2) is 20.8. The lowest BCUT2D eigenvalue weighted by Crippen LogP contribution is -2.48. The van der Waals surface area contributed by atoms with Crippen LogP contribution in [0.4, 0.5) is 4.79 Å². The maximum absolute atomic E-state index is 13.4. The molecular formula is C31H61NO4. The molecule has 0 aliphatic heterocycles. The molecule has 0 spiro atoms. The summed E-state index contributed by atoms with van der Waals surface area (Å²) < 4.78 is 11.6. The molecule has 0 aromatic heterocycles. The van der Waals surface area contributed by atoms with E-state index in [2.05, 4.69) is 62.3 Å². The van der Waals surface area contributed by atoms with Gasteiger partial charge in [-0.3, -0.25) is 4.79 Å².